The number of primary amides is 1. The zero-order chi connectivity index (χ0) is 19.9. The van der Waals surface area contributed by atoms with Gasteiger partial charge < -0.3 is 15.8 Å². The predicted octanol–water partition coefficient (Wildman–Crippen LogP) is 3.38. The minimum absolute atomic E-state index is 0.235. The third-order valence-corrected chi connectivity index (χ3v) is 4.30. The number of carbonyl (C=O) groups is 2. The van der Waals surface area contributed by atoms with E-state index < -0.39 is 5.91 Å². The zero-order valence-electron chi connectivity index (χ0n) is 15.6. The first-order valence-electron chi connectivity index (χ1n) is 8.96. The third kappa shape index (κ3) is 4.98. The number of nitrogens with one attached hydrogen (secondary N) is 1. The van der Waals surface area contributed by atoms with Crippen LogP contribution < -0.4 is 15.8 Å². The van der Waals surface area contributed by atoms with Gasteiger partial charge in [-0.05, 0) is 36.2 Å². The third-order valence-electron chi connectivity index (χ3n) is 4.30. The molecule has 0 heterocycles. The fraction of sp³-hybridized carbons (Fsp3) is 0.130. The van der Waals surface area contributed by atoms with Gasteiger partial charge in [-0.2, -0.15) is 0 Å². The fourth-order valence-corrected chi connectivity index (χ4v) is 2.86. The summed E-state index contributed by atoms with van der Waals surface area (Å²) in [4.78, 5) is 23.8. The molecule has 0 aromatic heterocycles. The van der Waals surface area contributed by atoms with Crippen LogP contribution in [0.5, 0.6) is 5.75 Å². The minimum atomic E-state index is -0.571. The average molecular weight is 374 g/mol. The normalized spacial score (nSPS) is 11.5. The van der Waals surface area contributed by atoms with E-state index in [1.165, 1.54) is 0 Å². The zero-order valence-corrected chi connectivity index (χ0v) is 15.6. The van der Waals surface area contributed by atoms with Crippen LogP contribution in [-0.4, -0.2) is 18.4 Å². The van der Waals surface area contributed by atoms with E-state index in [-0.39, 0.29) is 18.6 Å². The van der Waals surface area contributed by atoms with E-state index in [2.05, 4.69) is 5.32 Å². The molecule has 3 aromatic carbocycles. The van der Waals surface area contributed by atoms with Crippen LogP contribution in [0.3, 0.4) is 0 Å². The quantitative estimate of drug-likeness (QED) is 0.665. The first-order chi connectivity index (χ1) is 13.5. The SMILES string of the molecule is Cc1ccc(C(NC(=O)c2cccc(OCC(N)=O)c2)c2ccccc2)cc1. The summed E-state index contributed by atoms with van der Waals surface area (Å²) in [7, 11) is 0. The molecule has 0 spiro atoms. The van der Waals surface area contributed by atoms with Crippen LogP contribution >= 0.6 is 0 Å². The number of benzene rings is 3. The lowest BCUT2D eigenvalue weighted by atomic mass is 9.97. The molecule has 0 aliphatic heterocycles. The molecule has 3 rings (SSSR count). The Labute approximate surface area is 164 Å². The Bertz CT molecular complexity index is 953. The molecule has 5 heteroatoms. The summed E-state index contributed by atoms with van der Waals surface area (Å²) in [6.45, 7) is 1.79. The van der Waals surface area contributed by atoms with Gasteiger partial charge in [0.15, 0.2) is 6.61 Å². The molecular formula is C23H22N2O3. The van der Waals surface area contributed by atoms with Crippen LogP contribution in [0.4, 0.5) is 0 Å². The second-order valence-electron chi connectivity index (χ2n) is 6.51. The monoisotopic (exact) mass is 374 g/mol. The highest BCUT2D eigenvalue weighted by molar-refractivity contribution is 5.95. The molecule has 0 bridgehead atoms. The van der Waals surface area contributed by atoms with E-state index in [1.54, 1.807) is 24.3 Å². The minimum Gasteiger partial charge on any atom is -0.484 e. The van der Waals surface area contributed by atoms with Crippen molar-refractivity contribution in [1.82, 2.24) is 5.32 Å². The van der Waals surface area contributed by atoms with E-state index >= 15 is 0 Å². The molecule has 5 nitrogen and oxygen atoms in total. The van der Waals surface area contributed by atoms with Crippen LogP contribution in [0.1, 0.15) is 33.1 Å². The van der Waals surface area contributed by atoms with E-state index in [0.29, 0.717) is 11.3 Å². The second-order valence-corrected chi connectivity index (χ2v) is 6.51. The molecule has 0 aliphatic rings. The van der Waals surface area contributed by atoms with E-state index in [9.17, 15) is 9.59 Å². The summed E-state index contributed by atoms with van der Waals surface area (Å²) >= 11 is 0. The van der Waals surface area contributed by atoms with Crippen molar-refractivity contribution in [2.24, 2.45) is 5.73 Å². The number of hydrogen-bond acceptors (Lipinski definition) is 3. The van der Waals surface area contributed by atoms with E-state index in [4.69, 9.17) is 10.5 Å². The molecule has 3 N–H and O–H groups in total. The second kappa shape index (κ2) is 8.86. The molecule has 0 fully saturated rings. The van der Waals surface area contributed by atoms with Crippen LogP contribution in [-0.2, 0) is 4.79 Å². The number of nitrogens with two attached hydrogens (primary N) is 1. The van der Waals surface area contributed by atoms with Gasteiger partial charge >= 0.3 is 0 Å². The molecular weight excluding hydrogens is 352 g/mol. The molecule has 2 amide bonds. The Morgan fingerprint density at radius 2 is 1.61 bits per heavy atom. The molecule has 0 saturated carbocycles. The number of ether oxygens (including phenoxy) is 1. The molecule has 28 heavy (non-hydrogen) atoms. The maximum atomic E-state index is 12.9. The molecule has 1 unspecified atom stereocenters. The molecule has 0 aliphatic carbocycles. The number of rotatable bonds is 7. The Morgan fingerprint density at radius 1 is 0.929 bits per heavy atom. The summed E-state index contributed by atoms with van der Waals surface area (Å²) in [6.07, 6.45) is 0. The largest absolute Gasteiger partial charge is 0.484 e. The highest BCUT2D eigenvalue weighted by atomic mass is 16.5. The molecule has 0 radical (unpaired) electrons. The van der Waals surface area contributed by atoms with Crippen LogP contribution in [0, 0.1) is 6.92 Å². The lowest BCUT2D eigenvalue weighted by molar-refractivity contribution is -0.119. The van der Waals surface area contributed by atoms with Gasteiger partial charge in [0.2, 0.25) is 0 Å². The van der Waals surface area contributed by atoms with Gasteiger partial charge in [-0.25, -0.2) is 0 Å². The van der Waals surface area contributed by atoms with Crippen molar-refractivity contribution in [2.75, 3.05) is 6.61 Å². The van der Waals surface area contributed by atoms with Gasteiger partial charge in [-0.1, -0.05) is 66.2 Å². The van der Waals surface area contributed by atoms with Gasteiger partial charge in [0.25, 0.3) is 11.8 Å². The summed E-state index contributed by atoms with van der Waals surface area (Å²) in [6, 6.07) is 24.3. The van der Waals surface area contributed by atoms with Crippen molar-refractivity contribution in [3.8, 4) is 5.75 Å². The Morgan fingerprint density at radius 3 is 2.29 bits per heavy atom. The van der Waals surface area contributed by atoms with Gasteiger partial charge in [-0.3, -0.25) is 9.59 Å². The molecule has 1 atom stereocenters. The number of amides is 2. The van der Waals surface area contributed by atoms with Crippen LogP contribution in [0.2, 0.25) is 0 Å². The first kappa shape index (κ1) is 19.2. The molecule has 3 aromatic rings. The van der Waals surface area contributed by atoms with Crippen LogP contribution in [0.15, 0.2) is 78.9 Å². The summed E-state index contributed by atoms with van der Waals surface area (Å²) < 4.78 is 5.29. The Balaban J connectivity index is 1.84. The molecule has 142 valence electrons. The van der Waals surface area contributed by atoms with E-state index in [0.717, 1.165) is 16.7 Å². The lowest BCUT2D eigenvalue weighted by Gasteiger charge is -2.20. The maximum absolute atomic E-state index is 12.9. The summed E-state index contributed by atoms with van der Waals surface area (Å²) in [5.74, 6) is -0.393. The fourth-order valence-electron chi connectivity index (χ4n) is 2.86. The number of carbonyl (C=O) groups excluding carboxylic acids is 2. The van der Waals surface area contributed by atoms with Gasteiger partial charge in [0.1, 0.15) is 5.75 Å². The van der Waals surface area contributed by atoms with Crippen molar-refractivity contribution in [1.29, 1.82) is 0 Å². The van der Waals surface area contributed by atoms with Crippen molar-refractivity contribution in [3.05, 3.63) is 101 Å². The van der Waals surface area contributed by atoms with Gasteiger partial charge in [0.05, 0.1) is 6.04 Å². The topological polar surface area (TPSA) is 81.4 Å². The highest BCUT2D eigenvalue weighted by Gasteiger charge is 2.18. The van der Waals surface area contributed by atoms with Gasteiger partial charge in [0, 0.05) is 5.56 Å². The molecule has 0 saturated heterocycles. The van der Waals surface area contributed by atoms with Crippen molar-refractivity contribution >= 4 is 11.8 Å². The summed E-state index contributed by atoms with van der Waals surface area (Å²) in [5, 5.41) is 3.09. The number of aryl methyl sites for hydroxylation is 1. The average Bonchev–Trinajstić information content (AvgIpc) is 2.72. The Hall–Kier alpha value is -3.60. The summed E-state index contributed by atoms with van der Waals surface area (Å²) in [5.41, 5.74) is 8.67. The van der Waals surface area contributed by atoms with Crippen molar-refractivity contribution < 1.29 is 14.3 Å². The van der Waals surface area contributed by atoms with Crippen LogP contribution in [0.25, 0.3) is 0 Å². The van der Waals surface area contributed by atoms with E-state index in [1.807, 2.05) is 61.5 Å². The van der Waals surface area contributed by atoms with Crippen molar-refractivity contribution in [2.45, 2.75) is 13.0 Å². The van der Waals surface area contributed by atoms with Gasteiger partial charge in [-0.15, -0.1) is 0 Å². The predicted molar refractivity (Wildman–Crippen MR) is 108 cm³/mol. The van der Waals surface area contributed by atoms with Crippen molar-refractivity contribution in [3.63, 3.8) is 0 Å². The highest BCUT2D eigenvalue weighted by Crippen LogP contribution is 2.23. The Kier molecular flexibility index (Phi) is 6.07. The maximum Gasteiger partial charge on any atom is 0.255 e. The standard InChI is InChI=1S/C23H22N2O3/c1-16-10-12-18(13-11-16)22(17-6-3-2-4-7-17)25-23(27)19-8-5-9-20(14-19)28-15-21(24)26/h2-14,22H,15H2,1H3,(H2,24,26)(H,25,27). The smallest absolute Gasteiger partial charge is 0.255 e. The lowest BCUT2D eigenvalue weighted by Crippen LogP contribution is -2.29. The first-order valence-corrected chi connectivity index (χ1v) is 8.96. The number of hydrogen-bond donors (Lipinski definition) is 2.